The fourth-order valence-corrected chi connectivity index (χ4v) is 2.71. The van der Waals surface area contributed by atoms with Gasteiger partial charge in [0.1, 0.15) is 0 Å². The second-order valence-corrected chi connectivity index (χ2v) is 6.32. The third-order valence-corrected chi connectivity index (χ3v) is 4.13. The van der Waals surface area contributed by atoms with E-state index in [0.29, 0.717) is 26.3 Å². The average molecular weight is 370 g/mol. The first-order chi connectivity index (χ1) is 13.1. The number of hydrogen-bond acceptors (Lipinski definition) is 3. The Morgan fingerprint density at radius 1 is 0.815 bits per heavy atom. The zero-order chi connectivity index (χ0) is 19.5. The highest BCUT2D eigenvalue weighted by atomic mass is 16.5. The summed E-state index contributed by atoms with van der Waals surface area (Å²) < 4.78 is 11.2. The van der Waals surface area contributed by atoms with Crippen LogP contribution in [0.5, 0.6) is 11.5 Å². The molecule has 0 fully saturated rings. The number of carbonyl (C=O) groups excluding carboxylic acids is 1. The Morgan fingerprint density at radius 2 is 1.37 bits per heavy atom. The SMILES string of the molecule is CCOc1ccc(CCNC(=O)NCCc2ccc(C)cc2)cc1OCC. The Balaban J connectivity index is 1.72. The molecule has 2 aromatic carbocycles. The van der Waals surface area contributed by atoms with Gasteiger partial charge in [-0.3, -0.25) is 0 Å². The van der Waals surface area contributed by atoms with Crippen LogP contribution in [-0.4, -0.2) is 32.3 Å². The van der Waals surface area contributed by atoms with Crippen molar-refractivity contribution in [1.82, 2.24) is 10.6 Å². The van der Waals surface area contributed by atoms with Crippen LogP contribution in [0.1, 0.15) is 30.5 Å². The molecule has 2 aromatic rings. The van der Waals surface area contributed by atoms with Gasteiger partial charge in [-0.25, -0.2) is 4.79 Å². The normalized spacial score (nSPS) is 10.3. The molecule has 2 amide bonds. The molecular formula is C22H30N2O3. The van der Waals surface area contributed by atoms with Gasteiger partial charge in [0, 0.05) is 13.1 Å². The molecule has 0 aliphatic heterocycles. The molecule has 27 heavy (non-hydrogen) atoms. The molecule has 0 saturated carbocycles. The van der Waals surface area contributed by atoms with Gasteiger partial charge in [-0.1, -0.05) is 35.9 Å². The van der Waals surface area contributed by atoms with Crippen LogP contribution in [-0.2, 0) is 12.8 Å². The van der Waals surface area contributed by atoms with Crippen molar-refractivity contribution in [1.29, 1.82) is 0 Å². The largest absolute Gasteiger partial charge is 0.490 e. The summed E-state index contributed by atoms with van der Waals surface area (Å²) in [5.41, 5.74) is 3.56. The Morgan fingerprint density at radius 3 is 2.00 bits per heavy atom. The van der Waals surface area contributed by atoms with Gasteiger partial charge < -0.3 is 20.1 Å². The monoisotopic (exact) mass is 370 g/mol. The first-order valence-corrected chi connectivity index (χ1v) is 9.58. The summed E-state index contributed by atoms with van der Waals surface area (Å²) in [5, 5.41) is 5.79. The van der Waals surface area contributed by atoms with Crippen molar-refractivity contribution < 1.29 is 14.3 Å². The zero-order valence-corrected chi connectivity index (χ0v) is 16.5. The second kappa shape index (κ2) is 11.1. The maximum absolute atomic E-state index is 11.9. The van der Waals surface area contributed by atoms with Crippen molar-refractivity contribution in [3.05, 3.63) is 59.2 Å². The van der Waals surface area contributed by atoms with Crippen LogP contribution in [0.3, 0.4) is 0 Å². The third kappa shape index (κ3) is 7.21. The molecule has 0 aromatic heterocycles. The molecule has 2 N–H and O–H groups in total. The zero-order valence-electron chi connectivity index (χ0n) is 16.5. The topological polar surface area (TPSA) is 59.6 Å². The highest BCUT2D eigenvalue weighted by molar-refractivity contribution is 5.73. The average Bonchev–Trinajstić information content (AvgIpc) is 2.66. The lowest BCUT2D eigenvalue weighted by atomic mass is 10.1. The Hall–Kier alpha value is -2.69. The molecular weight excluding hydrogens is 340 g/mol. The number of hydrogen-bond donors (Lipinski definition) is 2. The first-order valence-electron chi connectivity index (χ1n) is 9.58. The summed E-state index contributed by atoms with van der Waals surface area (Å²) in [6.07, 6.45) is 1.56. The minimum Gasteiger partial charge on any atom is -0.490 e. The van der Waals surface area contributed by atoms with Crippen LogP contribution in [0.15, 0.2) is 42.5 Å². The molecule has 2 rings (SSSR count). The predicted molar refractivity (Wildman–Crippen MR) is 109 cm³/mol. The van der Waals surface area contributed by atoms with Gasteiger partial charge >= 0.3 is 6.03 Å². The van der Waals surface area contributed by atoms with Gasteiger partial charge in [-0.2, -0.15) is 0 Å². The third-order valence-electron chi connectivity index (χ3n) is 4.13. The number of amides is 2. The number of rotatable bonds is 10. The maximum atomic E-state index is 11.9. The first kappa shape index (κ1) is 20.6. The number of urea groups is 1. The summed E-state index contributed by atoms with van der Waals surface area (Å²) in [6, 6.07) is 14.1. The Kier molecular flexibility index (Phi) is 8.49. The van der Waals surface area contributed by atoms with Crippen molar-refractivity contribution in [2.45, 2.75) is 33.6 Å². The molecule has 5 nitrogen and oxygen atoms in total. The number of ether oxygens (including phenoxy) is 2. The van der Waals surface area contributed by atoms with Crippen LogP contribution in [0.4, 0.5) is 4.79 Å². The van der Waals surface area contributed by atoms with Crippen LogP contribution in [0.25, 0.3) is 0 Å². The van der Waals surface area contributed by atoms with Gasteiger partial charge in [0.2, 0.25) is 0 Å². The van der Waals surface area contributed by atoms with E-state index in [1.54, 1.807) is 0 Å². The number of carbonyl (C=O) groups is 1. The van der Waals surface area contributed by atoms with Gasteiger partial charge in [-0.05, 0) is 56.9 Å². The number of nitrogens with one attached hydrogen (secondary N) is 2. The molecule has 0 aliphatic rings. The number of benzene rings is 2. The molecule has 0 spiro atoms. The standard InChI is InChI=1S/C22H30N2O3/c1-4-26-20-11-10-19(16-21(20)27-5-2)13-15-24-22(25)23-14-12-18-8-6-17(3)7-9-18/h6-11,16H,4-5,12-15H2,1-3H3,(H2,23,24,25). The molecule has 0 saturated heterocycles. The van der Waals surface area contributed by atoms with E-state index in [1.165, 1.54) is 11.1 Å². The van der Waals surface area contributed by atoms with Gasteiger partial charge in [0.25, 0.3) is 0 Å². The fourth-order valence-electron chi connectivity index (χ4n) is 2.71. The fraction of sp³-hybridized carbons (Fsp3) is 0.409. The Bertz CT molecular complexity index is 714. The Labute approximate surface area is 162 Å². The van der Waals surface area contributed by atoms with E-state index < -0.39 is 0 Å². The van der Waals surface area contributed by atoms with Crippen LogP contribution < -0.4 is 20.1 Å². The second-order valence-electron chi connectivity index (χ2n) is 6.32. The molecule has 146 valence electrons. The molecule has 0 radical (unpaired) electrons. The molecule has 0 atom stereocenters. The molecule has 0 bridgehead atoms. The van der Waals surface area contributed by atoms with Crippen LogP contribution >= 0.6 is 0 Å². The summed E-state index contributed by atoms with van der Waals surface area (Å²) >= 11 is 0. The summed E-state index contributed by atoms with van der Waals surface area (Å²) in [5.74, 6) is 1.50. The minimum atomic E-state index is -0.141. The van der Waals surface area contributed by atoms with E-state index in [0.717, 1.165) is 29.9 Å². The quantitative estimate of drug-likeness (QED) is 0.667. The van der Waals surface area contributed by atoms with E-state index in [2.05, 4.69) is 41.8 Å². The van der Waals surface area contributed by atoms with Gasteiger partial charge in [0.15, 0.2) is 11.5 Å². The van der Waals surface area contributed by atoms with E-state index in [1.807, 2.05) is 32.0 Å². The smallest absolute Gasteiger partial charge is 0.314 e. The number of aryl methyl sites for hydroxylation is 1. The van der Waals surface area contributed by atoms with Crippen LogP contribution in [0, 0.1) is 6.92 Å². The van der Waals surface area contributed by atoms with E-state index in [9.17, 15) is 4.79 Å². The van der Waals surface area contributed by atoms with E-state index >= 15 is 0 Å². The van der Waals surface area contributed by atoms with Crippen LogP contribution in [0.2, 0.25) is 0 Å². The summed E-state index contributed by atoms with van der Waals surface area (Å²) in [7, 11) is 0. The predicted octanol–water partition coefficient (Wildman–Crippen LogP) is 3.88. The van der Waals surface area contributed by atoms with Crippen molar-refractivity contribution >= 4 is 6.03 Å². The molecule has 0 aliphatic carbocycles. The van der Waals surface area contributed by atoms with Crippen molar-refractivity contribution in [2.24, 2.45) is 0 Å². The van der Waals surface area contributed by atoms with Gasteiger partial charge in [-0.15, -0.1) is 0 Å². The lowest BCUT2D eigenvalue weighted by Crippen LogP contribution is -2.37. The summed E-state index contributed by atoms with van der Waals surface area (Å²) in [6.45, 7) is 8.34. The highest BCUT2D eigenvalue weighted by Crippen LogP contribution is 2.28. The lowest BCUT2D eigenvalue weighted by molar-refractivity contribution is 0.241. The van der Waals surface area contributed by atoms with E-state index in [4.69, 9.17) is 9.47 Å². The maximum Gasteiger partial charge on any atom is 0.314 e. The van der Waals surface area contributed by atoms with Crippen molar-refractivity contribution in [3.63, 3.8) is 0 Å². The van der Waals surface area contributed by atoms with Crippen molar-refractivity contribution in [3.8, 4) is 11.5 Å². The van der Waals surface area contributed by atoms with E-state index in [-0.39, 0.29) is 6.03 Å². The van der Waals surface area contributed by atoms with Crippen molar-refractivity contribution in [2.75, 3.05) is 26.3 Å². The highest BCUT2D eigenvalue weighted by Gasteiger charge is 2.07. The lowest BCUT2D eigenvalue weighted by Gasteiger charge is -2.13. The molecule has 0 unspecified atom stereocenters. The summed E-state index contributed by atoms with van der Waals surface area (Å²) in [4.78, 5) is 11.9. The van der Waals surface area contributed by atoms with Gasteiger partial charge in [0.05, 0.1) is 13.2 Å². The minimum absolute atomic E-state index is 0.141. The molecule has 0 heterocycles. The molecule has 5 heteroatoms.